The summed E-state index contributed by atoms with van der Waals surface area (Å²) < 4.78 is 32.5. The highest BCUT2D eigenvalue weighted by Gasteiger charge is 2.28. The number of nitrogens with two attached hydrogens (primary N) is 1. The minimum atomic E-state index is -4.72. The predicted octanol–water partition coefficient (Wildman–Crippen LogP) is 9.05. The Bertz CT molecular complexity index is 1040. The average molecular weight is 728 g/mol. The van der Waals surface area contributed by atoms with Gasteiger partial charge in [-0.1, -0.05) is 107 Å². The fourth-order valence-electron chi connectivity index (χ4n) is 4.52. The van der Waals surface area contributed by atoms with E-state index in [0.29, 0.717) is 12.8 Å². The van der Waals surface area contributed by atoms with E-state index in [-0.39, 0.29) is 19.4 Å². The number of allylic oxidation sites excluding steroid dienone is 8. The summed E-state index contributed by atoms with van der Waals surface area (Å²) in [5.74, 6) is -2.45. The quantitative estimate of drug-likeness (QED) is 0.0250. The Balaban J connectivity index is 4.54. The topological polar surface area (TPSA) is 172 Å². The maximum Gasteiger partial charge on any atom is 0.472 e. The van der Waals surface area contributed by atoms with Gasteiger partial charge in [-0.15, -0.1) is 0 Å². The van der Waals surface area contributed by atoms with Crippen molar-refractivity contribution < 1.29 is 47.5 Å². The largest absolute Gasteiger partial charge is 0.480 e. The molecule has 3 atom stereocenters. The average Bonchev–Trinajstić information content (AvgIpc) is 3.09. The van der Waals surface area contributed by atoms with Gasteiger partial charge in [-0.2, -0.15) is 0 Å². The zero-order chi connectivity index (χ0) is 37.1. The molecule has 0 fully saturated rings. The van der Waals surface area contributed by atoms with E-state index in [2.05, 4.69) is 67.0 Å². The van der Waals surface area contributed by atoms with Gasteiger partial charge in [0.15, 0.2) is 6.10 Å². The Kier molecular flexibility index (Phi) is 31.9. The van der Waals surface area contributed by atoms with Crippen LogP contribution >= 0.6 is 7.82 Å². The van der Waals surface area contributed by atoms with E-state index < -0.39 is 51.1 Å². The maximum atomic E-state index is 12.5. The minimum absolute atomic E-state index is 0.140. The van der Waals surface area contributed by atoms with Gasteiger partial charge < -0.3 is 25.2 Å². The number of carbonyl (C=O) groups is 3. The van der Waals surface area contributed by atoms with Gasteiger partial charge in [-0.3, -0.25) is 23.4 Å². The third-order valence-corrected chi connectivity index (χ3v) is 8.50. The number of carboxylic acid groups (broad SMARTS) is 1. The summed E-state index contributed by atoms with van der Waals surface area (Å²) in [5, 5.41) is 8.85. The van der Waals surface area contributed by atoms with Gasteiger partial charge in [-0.25, -0.2) is 4.57 Å². The van der Waals surface area contributed by atoms with Crippen molar-refractivity contribution in [1.82, 2.24) is 0 Å². The molecule has 0 saturated carbocycles. The number of rotatable bonds is 34. The molecule has 50 heavy (non-hydrogen) atoms. The molecule has 1 unspecified atom stereocenters. The number of esters is 2. The third-order valence-electron chi connectivity index (χ3n) is 7.55. The van der Waals surface area contributed by atoms with Crippen molar-refractivity contribution in [3.8, 4) is 0 Å². The van der Waals surface area contributed by atoms with Crippen LogP contribution in [0.1, 0.15) is 142 Å². The van der Waals surface area contributed by atoms with Crippen molar-refractivity contribution in [2.45, 2.75) is 154 Å². The second kappa shape index (κ2) is 33.6. The first kappa shape index (κ1) is 47.4. The van der Waals surface area contributed by atoms with Crippen LogP contribution in [0.2, 0.25) is 0 Å². The lowest BCUT2D eigenvalue weighted by Crippen LogP contribution is -2.34. The Morgan fingerprint density at radius 2 is 1.08 bits per heavy atom. The molecule has 0 aliphatic rings. The Morgan fingerprint density at radius 1 is 0.620 bits per heavy atom. The number of hydrogen-bond acceptors (Lipinski definition) is 9. The van der Waals surface area contributed by atoms with Crippen molar-refractivity contribution in [2.24, 2.45) is 5.73 Å². The molecular formula is C38H66NO10P. The Hall–Kier alpha value is -2.56. The van der Waals surface area contributed by atoms with Gasteiger partial charge in [-0.05, 0) is 70.6 Å². The zero-order valence-corrected chi connectivity index (χ0v) is 31.6. The van der Waals surface area contributed by atoms with Gasteiger partial charge in [0, 0.05) is 12.8 Å². The summed E-state index contributed by atoms with van der Waals surface area (Å²) in [6.07, 6.45) is 34.8. The molecule has 0 aromatic carbocycles. The minimum Gasteiger partial charge on any atom is -0.480 e. The number of carbonyl (C=O) groups excluding carboxylic acids is 2. The van der Waals surface area contributed by atoms with Crippen molar-refractivity contribution in [3.05, 3.63) is 48.6 Å². The van der Waals surface area contributed by atoms with Crippen LogP contribution < -0.4 is 5.73 Å². The number of unbranched alkanes of at least 4 members (excludes halogenated alkanes) is 12. The number of hydrogen-bond donors (Lipinski definition) is 3. The molecule has 0 amide bonds. The van der Waals surface area contributed by atoms with Gasteiger partial charge in [0.05, 0.1) is 13.2 Å². The highest BCUT2D eigenvalue weighted by Crippen LogP contribution is 2.43. The van der Waals surface area contributed by atoms with E-state index in [1.807, 2.05) is 0 Å². The first-order valence-electron chi connectivity index (χ1n) is 18.7. The fraction of sp³-hybridized carbons (Fsp3) is 0.711. The number of ether oxygens (including phenoxy) is 2. The van der Waals surface area contributed by atoms with E-state index in [9.17, 15) is 23.8 Å². The molecule has 0 saturated heterocycles. The first-order chi connectivity index (χ1) is 24.1. The number of carboxylic acids is 1. The van der Waals surface area contributed by atoms with Gasteiger partial charge in [0.2, 0.25) is 0 Å². The van der Waals surface area contributed by atoms with Crippen LogP contribution in [0.5, 0.6) is 0 Å². The number of phosphoric ester groups is 1. The molecule has 288 valence electrons. The molecule has 0 rings (SSSR count). The summed E-state index contributed by atoms with van der Waals surface area (Å²) in [7, 11) is -4.72. The lowest BCUT2D eigenvalue weighted by Gasteiger charge is -2.20. The zero-order valence-electron chi connectivity index (χ0n) is 30.7. The molecule has 4 N–H and O–H groups in total. The molecule has 0 radical (unpaired) electrons. The molecule has 11 nitrogen and oxygen atoms in total. The molecule has 12 heteroatoms. The van der Waals surface area contributed by atoms with E-state index in [1.54, 1.807) is 0 Å². The van der Waals surface area contributed by atoms with E-state index in [1.165, 1.54) is 32.1 Å². The normalized spacial score (nSPS) is 14.5. The molecule has 0 aromatic heterocycles. The van der Waals surface area contributed by atoms with Crippen molar-refractivity contribution in [2.75, 3.05) is 19.8 Å². The molecule has 0 heterocycles. The van der Waals surface area contributed by atoms with Crippen LogP contribution in [0.3, 0.4) is 0 Å². The fourth-order valence-corrected chi connectivity index (χ4v) is 5.30. The van der Waals surface area contributed by atoms with E-state index >= 15 is 0 Å². The van der Waals surface area contributed by atoms with Crippen LogP contribution in [-0.2, 0) is 37.5 Å². The smallest absolute Gasteiger partial charge is 0.472 e. The highest BCUT2D eigenvalue weighted by molar-refractivity contribution is 7.47. The lowest BCUT2D eigenvalue weighted by atomic mass is 10.1. The number of phosphoric acid groups is 1. The standard InChI is InChI=1S/C38H66NO10P/c1-3-5-7-9-11-13-15-16-17-18-20-21-23-25-27-29-36(40)46-31-34(32-47-50(44,45)48-33-35(39)38(42)43)49-37(41)30-28-26-24-22-19-14-12-10-8-6-4-2/h10-13,16-17,20-21,34-35H,3-9,14-15,18-19,22-33,39H2,1-2H3,(H,42,43)(H,44,45)/b12-10+,13-11+,17-16+,21-20+/t34-,35+/m1/s1. The molecule has 0 aromatic rings. The summed E-state index contributed by atoms with van der Waals surface area (Å²) >= 11 is 0. The molecule has 0 bridgehead atoms. The molecule has 0 aliphatic heterocycles. The second-order valence-electron chi connectivity index (χ2n) is 12.3. The summed E-state index contributed by atoms with van der Waals surface area (Å²) in [4.78, 5) is 45.7. The lowest BCUT2D eigenvalue weighted by molar-refractivity contribution is -0.161. The highest BCUT2D eigenvalue weighted by atomic mass is 31.2. The monoisotopic (exact) mass is 727 g/mol. The first-order valence-corrected chi connectivity index (χ1v) is 20.2. The van der Waals surface area contributed by atoms with Crippen LogP contribution in [0.4, 0.5) is 0 Å². The summed E-state index contributed by atoms with van der Waals surface area (Å²) in [6.45, 7) is 2.65. The molecule has 0 spiro atoms. The molecular weight excluding hydrogens is 661 g/mol. The van der Waals surface area contributed by atoms with Crippen LogP contribution in [0, 0.1) is 0 Å². The Morgan fingerprint density at radius 3 is 1.70 bits per heavy atom. The SMILES string of the molecule is CCCC/C=C/CCCCCCCC(=O)O[C@H](COC(=O)CCCC/C=C/C/C=C/C/C=C/CCCCC)COP(=O)(O)OC[C@H](N)C(=O)O. The van der Waals surface area contributed by atoms with Crippen molar-refractivity contribution in [1.29, 1.82) is 0 Å². The summed E-state index contributed by atoms with van der Waals surface area (Å²) in [6, 6.07) is -1.53. The van der Waals surface area contributed by atoms with Gasteiger partial charge in [0.25, 0.3) is 0 Å². The maximum absolute atomic E-state index is 12.5. The van der Waals surface area contributed by atoms with Crippen LogP contribution in [0.25, 0.3) is 0 Å². The van der Waals surface area contributed by atoms with Crippen LogP contribution in [-0.4, -0.2) is 59.9 Å². The van der Waals surface area contributed by atoms with E-state index in [0.717, 1.165) is 70.6 Å². The van der Waals surface area contributed by atoms with Crippen molar-refractivity contribution in [3.63, 3.8) is 0 Å². The predicted molar refractivity (Wildman–Crippen MR) is 198 cm³/mol. The van der Waals surface area contributed by atoms with Gasteiger partial charge >= 0.3 is 25.7 Å². The molecule has 0 aliphatic carbocycles. The third kappa shape index (κ3) is 32.6. The van der Waals surface area contributed by atoms with E-state index in [4.69, 9.17) is 24.8 Å². The second-order valence-corrected chi connectivity index (χ2v) is 13.8. The Labute approximate surface area is 301 Å². The summed E-state index contributed by atoms with van der Waals surface area (Å²) in [5.41, 5.74) is 5.31. The van der Waals surface area contributed by atoms with Crippen LogP contribution in [0.15, 0.2) is 48.6 Å². The number of aliphatic carboxylic acids is 1. The van der Waals surface area contributed by atoms with Crippen molar-refractivity contribution >= 4 is 25.7 Å². The van der Waals surface area contributed by atoms with Gasteiger partial charge in [0.1, 0.15) is 12.6 Å².